The van der Waals surface area contributed by atoms with E-state index in [9.17, 15) is 0 Å². The molecule has 0 aliphatic rings. The standard InChI is InChI=1S/58U. The first-order valence-corrected chi connectivity index (χ1v) is 0. The Kier molecular flexibility index (Phi) is 3330. The van der Waals surface area contributed by atoms with E-state index in [1.165, 1.54) is 0 Å². The zero-order valence-corrected chi connectivity index (χ0v) is 270. The summed E-state index contributed by atoms with van der Waals surface area (Å²) in [7, 11) is 0. The van der Waals surface area contributed by atoms with Gasteiger partial charge in [-0.25, -0.2) is 0 Å². The van der Waals surface area contributed by atoms with Gasteiger partial charge < -0.3 is 0 Å². The van der Waals surface area contributed by atoms with Crippen LogP contribution in [0, 0.1) is 1800 Å². The molecule has 0 saturated heterocycles. The first-order valence-electron chi connectivity index (χ1n) is 0. The first-order chi connectivity index (χ1) is 0. The first kappa shape index (κ1) is 445. The molecule has 58 heavy (non-hydrogen) atoms. The van der Waals surface area contributed by atoms with Gasteiger partial charge >= 0.3 is 0 Å². The quantitative estimate of drug-likeness (QED) is 0.321. The Bertz CT molecular complexity index is 0. The monoisotopic (exact) mass is 13800 g/mol. The summed E-state index contributed by atoms with van der Waals surface area (Å²) in [5.41, 5.74) is 0. The Morgan fingerprint density at radius 1 is 0.0172 bits per heavy atom. The van der Waals surface area contributed by atoms with Crippen LogP contribution in [-0.4, -0.2) is 0 Å². The van der Waals surface area contributed by atoms with Gasteiger partial charge in [-0.2, -0.15) is 0 Å². The van der Waals surface area contributed by atoms with Gasteiger partial charge in [-0.1, -0.05) is 0 Å². The van der Waals surface area contributed by atoms with Crippen molar-refractivity contribution in [3.8, 4) is 0 Å². The van der Waals surface area contributed by atoms with Crippen LogP contribution in [0.1, 0.15) is 0 Å². The fourth-order valence-electron chi connectivity index (χ4n) is 0. The van der Waals surface area contributed by atoms with Gasteiger partial charge in [0.05, 0.1) is 0 Å². The summed E-state index contributed by atoms with van der Waals surface area (Å²) in [5.74, 6) is 0. The Labute approximate surface area is 1730 Å². The average Bonchev–Trinajstić information content (AvgIpc) is 0. The molecule has 0 aliphatic carbocycles. The van der Waals surface area contributed by atoms with Crippen molar-refractivity contribution in [2.75, 3.05) is 0 Å². The van der Waals surface area contributed by atoms with Crippen LogP contribution in [0.4, 0.5) is 0 Å². The van der Waals surface area contributed by atoms with Crippen LogP contribution in [0.15, 0.2) is 0 Å². The van der Waals surface area contributed by atoms with Crippen molar-refractivity contribution in [2.24, 2.45) is 0 Å². The molecule has 58 heteroatoms. The van der Waals surface area contributed by atoms with E-state index in [0.29, 0.717) is 0 Å². The van der Waals surface area contributed by atoms with Crippen molar-refractivity contribution in [1.29, 1.82) is 0 Å². The molecule has 0 atom stereocenters. The molecule has 232 valence electrons. The van der Waals surface area contributed by atoms with Gasteiger partial charge in [-0.15, -0.1) is 0 Å². The van der Waals surface area contributed by atoms with Crippen LogP contribution in [0.2, 0.25) is 0 Å². The molecule has 0 radical (unpaired) electrons. The third-order valence-corrected chi connectivity index (χ3v) is 0. The molecule has 0 rings (SSSR count). The van der Waals surface area contributed by atoms with Crippen molar-refractivity contribution >= 4 is 0 Å². The predicted octanol–water partition coefficient (Wildman–Crippen LogP) is 0. The van der Waals surface area contributed by atoms with Crippen LogP contribution in [-0.2, 0) is 0 Å². The molecule has 0 heterocycles. The summed E-state index contributed by atoms with van der Waals surface area (Å²) >= 11 is 0. The van der Waals surface area contributed by atoms with Gasteiger partial charge in [0.1, 0.15) is 0 Å². The molecule has 0 aromatic heterocycles. The minimum absolute atomic E-state index is 0. The van der Waals surface area contributed by atoms with Crippen molar-refractivity contribution in [3.63, 3.8) is 0 Å². The van der Waals surface area contributed by atoms with Crippen molar-refractivity contribution < 1.29 is 1800 Å². The second-order valence-electron chi connectivity index (χ2n) is 0. The molecule has 0 aliphatic heterocycles. The molecule has 0 N–H and O–H groups in total. The molecule has 0 amide bonds. The van der Waals surface area contributed by atoms with E-state index in [1.807, 2.05) is 0 Å². The van der Waals surface area contributed by atoms with Crippen molar-refractivity contribution in [1.82, 2.24) is 0 Å². The van der Waals surface area contributed by atoms with Crippen LogP contribution < -0.4 is 0 Å². The molecule has 0 saturated carbocycles. The summed E-state index contributed by atoms with van der Waals surface area (Å²) in [6.07, 6.45) is 0. The fourth-order valence-corrected chi connectivity index (χ4v) is 0. The molecule has 0 nitrogen and oxygen atoms in total. The van der Waals surface area contributed by atoms with E-state index in [-0.39, 0.29) is 1800 Å². The van der Waals surface area contributed by atoms with Gasteiger partial charge in [0, 0.05) is 1800 Å². The summed E-state index contributed by atoms with van der Waals surface area (Å²) in [6, 6.07) is 0. The molecular weight excluding hydrogens is 13800 g/mol. The summed E-state index contributed by atoms with van der Waals surface area (Å²) in [4.78, 5) is 0. The van der Waals surface area contributed by atoms with E-state index in [1.54, 1.807) is 0 Å². The van der Waals surface area contributed by atoms with Crippen LogP contribution >= 0.6 is 0 Å². The van der Waals surface area contributed by atoms with E-state index < -0.39 is 0 Å². The van der Waals surface area contributed by atoms with Gasteiger partial charge in [0.15, 0.2) is 0 Å². The predicted molar refractivity (Wildman–Crippen MR) is 0 cm³/mol. The maximum Gasteiger partial charge on any atom is 0 e. The average molecular weight is 13800 g/mol. The summed E-state index contributed by atoms with van der Waals surface area (Å²) < 4.78 is 0. The molecular formula is U58. The van der Waals surface area contributed by atoms with E-state index in [2.05, 4.69) is 0 Å². The van der Waals surface area contributed by atoms with Crippen molar-refractivity contribution in [2.45, 2.75) is 0 Å². The third-order valence-electron chi connectivity index (χ3n) is 0. The fraction of sp³-hybridized carbons (Fsp3) is 0. The number of hydrogen-bond acceptors (Lipinski definition) is 0. The van der Waals surface area contributed by atoms with E-state index in [4.69, 9.17) is 0 Å². The zero-order valence-electron chi connectivity index (χ0n) is 29.0. The number of rotatable bonds is 0. The molecule has 0 spiro atoms. The molecule has 0 aromatic carbocycles. The van der Waals surface area contributed by atoms with Gasteiger partial charge in [-0.05, 0) is 0 Å². The summed E-state index contributed by atoms with van der Waals surface area (Å²) in [5, 5.41) is 0. The Morgan fingerprint density at radius 3 is 0.0172 bits per heavy atom. The minimum atomic E-state index is 0. The van der Waals surface area contributed by atoms with Gasteiger partial charge in [0.2, 0.25) is 0 Å². The molecule has 0 unspecified atom stereocenters. The molecule has 0 fully saturated rings. The topological polar surface area (TPSA) is 0 Å². The molecule has 0 aromatic rings. The van der Waals surface area contributed by atoms with Crippen LogP contribution in [0.3, 0.4) is 0 Å². The SMILES string of the molecule is [U].[U].[U].[U].[U].[U].[U].[U].[U].[U].[U].[U].[U].[U].[U].[U].[U].[U].[U].[U].[U].[U].[U].[U].[U].[U].[U].[U].[U].[U].[U].[U].[U].[U].[U].[U].[U].[U].[U].[U].[U].[U].[U].[U].[U].[U].[U].[U].[U].[U].[U].[U].[U].[U].[U].[U].[U].[U]. The summed E-state index contributed by atoms with van der Waals surface area (Å²) in [6.45, 7) is 0. The Balaban J connectivity index is 0. The Morgan fingerprint density at radius 2 is 0.0172 bits per heavy atom. The molecule has 0 bridgehead atoms. The van der Waals surface area contributed by atoms with Gasteiger partial charge in [0.25, 0.3) is 0 Å². The Hall–Kier alpha value is 61.0. The largest absolute Gasteiger partial charge is 0 e. The van der Waals surface area contributed by atoms with Crippen LogP contribution in [0.5, 0.6) is 0 Å². The van der Waals surface area contributed by atoms with Gasteiger partial charge in [-0.3, -0.25) is 0 Å². The second-order valence-corrected chi connectivity index (χ2v) is 0. The third kappa shape index (κ3) is 423. The van der Waals surface area contributed by atoms with Crippen LogP contribution in [0.25, 0.3) is 0 Å². The smallest absolute Gasteiger partial charge is 0 e. The van der Waals surface area contributed by atoms with Crippen molar-refractivity contribution in [3.05, 3.63) is 0 Å². The minimum Gasteiger partial charge on any atom is 0 e. The number of hydrogen-bond donors (Lipinski definition) is 0. The normalized spacial score (nSPS) is 0. The maximum atomic E-state index is 0. The van der Waals surface area contributed by atoms with E-state index >= 15 is 0 Å². The van der Waals surface area contributed by atoms with E-state index in [0.717, 1.165) is 0 Å². The zero-order chi connectivity index (χ0) is 0. The second kappa shape index (κ2) is 434. The maximum absolute atomic E-state index is 0.